The van der Waals surface area contributed by atoms with Crippen molar-refractivity contribution in [2.24, 2.45) is 5.92 Å². The molecule has 0 spiro atoms. The molecule has 94 valence electrons. The van der Waals surface area contributed by atoms with E-state index in [1.807, 2.05) is 5.48 Å². The molecule has 0 aliphatic rings. The van der Waals surface area contributed by atoms with E-state index in [9.17, 15) is 18.0 Å². The van der Waals surface area contributed by atoms with Crippen LogP contribution in [0.3, 0.4) is 0 Å². The van der Waals surface area contributed by atoms with Crippen molar-refractivity contribution in [1.29, 1.82) is 0 Å². The molecule has 5 nitrogen and oxygen atoms in total. The summed E-state index contributed by atoms with van der Waals surface area (Å²) in [6.45, 7) is 3.22. The summed E-state index contributed by atoms with van der Waals surface area (Å²) in [6, 6.07) is 0.598. The largest absolute Gasteiger partial charge is 0.433 e. The van der Waals surface area contributed by atoms with Crippen LogP contribution in [0, 0.1) is 5.92 Å². The number of rotatable bonds is 3. The van der Waals surface area contributed by atoms with E-state index in [1.165, 1.54) is 0 Å². The summed E-state index contributed by atoms with van der Waals surface area (Å²) in [5, 5.41) is 0. The van der Waals surface area contributed by atoms with Gasteiger partial charge in [0.1, 0.15) is 6.33 Å². The van der Waals surface area contributed by atoms with Gasteiger partial charge in [0.25, 0.3) is 5.91 Å². The first kappa shape index (κ1) is 13.2. The monoisotopic (exact) mass is 249 g/mol. The third kappa shape index (κ3) is 3.89. The van der Waals surface area contributed by atoms with Gasteiger partial charge < -0.3 is 4.84 Å². The number of hydrogen-bond acceptors (Lipinski definition) is 4. The highest BCUT2D eigenvalue weighted by Crippen LogP contribution is 2.28. The highest BCUT2D eigenvalue weighted by molar-refractivity contribution is 5.76. The normalized spacial score (nSPS) is 11.4. The maximum atomic E-state index is 12.3. The van der Waals surface area contributed by atoms with Crippen LogP contribution in [0.1, 0.15) is 19.5 Å². The Morgan fingerprint density at radius 2 is 2.06 bits per heavy atom. The third-order valence-corrected chi connectivity index (χ3v) is 1.71. The van der Waals surface area contributed by atoms with E-state index in [2.05, 4.69) is 14.8 Å². The molecule has 1 heterocycles. The second-order valence-electron chi connectivity index (χ2n) is 3.46. The molecule has 1 amide bonds. The van der Waals surface area contributed by atoms with Crippen molar-refractivity contribution in [1.82, 2.24) is 15.4 Å². The highest BCUT2D eigenvalue weighted by Gasteiger charge is 2.33. The molecule has 8 heteroatoms. The minimum absolute atomic E-state index is 0.348. The zero-order chi connectivity index (χ0) is 13.1. The van der Waals surface area contributed by atoms with Crippen molar-refractivity contribution in [3.63, 3.8) is 0 Å². The number of nitrogens with zero attached hydrogens (tertiary/aromatic N) is 2. The minimum atomic E-state index is -4.58. The summed E-state index contributed by atoms with van der Waals surface area (Å²) in [6.07, 6.45) is -3.87. The predicted octanol–water partition coefficient (Wildman–Crippen LogP) is 1.56. The Bertz CT molecular complexity index is 407. The van der Waals surface area contributed by atoms with Crippen molar-refractivity contribution in [3.05, 3.63) is 18.1 Å². The van der Waals surface area contributed by atoms with E-state index >= 15 is 0 Å². The Hall–Kier alpha value is -1.86. The molecule has 0 saturated heterocycles. The van der Waals surface area contributed by atoms with Crippen molar-refractivity contribution < 1.29 is 22.8 Å². The second kappa shape index (κ2) is 4.98. The average molecular weight is 249 g/mol. The molecule has 0 unspecified atom stereocenters. The molecule has 17 heavy (non-hydrogen) atoms. The SMILES string of the molecule is CC(C)C(=O)NOc1cc(C(F)(F)F)ncn1. The molecule has 0 fully saturated rings. The smallest absolute Gasteiger partial charge is 0.359 e. The fourth-order valence-electron chi connectivity index (χ4n) is 0.771. The summed E-state index contributed by atoms with van der Waals surface area (Å²) < 4.78 is 36.8. The Balaban J connectivity index is 2.70. The van der Waals surface area contributed by atoms with Gasteiger partial charge in [0.2, 0.25) is 5.88 Å². The van der Waals surface area contributed by atoms with Gasteiger partial charge in [-0.1, -0.05) is 13.8 Å². The van der Waals surface area contributed by atoms with Gasteiger partial charge in [-0.2, -0.15) is 23.6 Å². The molecule has 0 aliphatic heterocycles. The maximum absolute atomic E-state index is 12.3. The molecule has 0 bridgehead atoms. The van der Waals surface area contributed by atoms with Crippen LogP contribution in [0.4, 0.5) is 13.2 Å². The van der Waals surface area contributed by atoms with Crippen LogP contribution in [0.2, 0.25) is 0 Å². The average Bonchev–Trinajstić information content (AvgIpc) is 2.25. The Kier molecular flexibility index (Phi) is 3.87. The van der Waals surface area contributed by atoms with Gasteiger partial charge in [-0.3, -0.25) is 4.79 Å². The van der Waals surface area contributed by atoms with Gasteiger partial charge in [-0.15, -0.1) is 0 Å². The lowest BCUT2D eigenvalue weighted by molar-refractivity contribution is -0.141. The van der Waals surface area contributed by atoms with E-state index in [0.717, 1.165) is 0 Å². The van der Waals surface area contributed by atoms with Crippen LogP contribution in [0.5, 0.6) is 5.88 Å². The number of aromatic nitrogens is 2. The molecular formula is C9H10F3N3O2. The number of halogens is 3. The summed E-state index contributed by atoms with van der Waals surface area (Å²) in [4.78, 5) is 22.2. The number of amides is 1. The lowest BCUT2D eigenvalue weighted by Gasteiger charge is -2.09. The molecule has 0 saturated carbocycles. The number of carbonyl (C=O) groups excluding carboxylic acids is 1. The minimum Gasteiger partial charge on any atom is -0.359 e. The van der Waals surface area contributed by atoms with Gasteiger partial charge in [-0.05, 0) is 0 Å². The van der Waals surface area contributed by atoms with E-state index < -0.39 is 17.8 Å². The maximum Gasteiger partial charge on any atom is 0.433 e. The van der Waals surface area contributed by atoms with Gasteiger partial charge in [0, 0.05) is 12.0 Å². The molecule has 0 atom stereocenters. The number of nitrogens with one attached hydrogen (secondary N) is 1. The Morgan fingerprint density at radius 1 is 1.41 bits per heavy atom. The first-order chi connectivity index (χ1) is 7.80. The molecule has 1 aromatic rings. The quantitative estimate of drug-likeness (QED) is 0.826. The van der Waals surface area contributed by atoms with E-state index in [-0.39, 0.29) is 11.8 Å². The van der Waals surface area contributed by atoms with Crippen molar-refractivity contribution in [2.45, 2.75) is 20.0 Å². The molecule has 0 aromatic carbocycles. The van der Waals surface area contributed by atoms with Crippen molar-refractivity contribution in [2.75, 3.05) is 0 Å². The van der Waals surface area contributed by atoms with Crippen molar-refractivity contribution >= 4 is 5.91 Å². The molecule has 0 aliphatic carbocycles. The summed E-state index contributed by atoms with van der Waals surface area (Å²) in [5.41, 5.74) is 0.843. The van der Waals surface area contributed by atoms with Crippen LogP contribution >= 0.6 is 0 Å². The molecule has 1 N–H and O–H groups in total. The van der Waals surface area contributed by atoms with Gasteiger partial charge in [0.05, 0.1) is 0 Å². The van der Waals surface area contributed by atoms with Crippen LogP contribution in [0.15, 0.2) is 12.4 Å². The summed E-state index contributed by atoms with van der Waals surface area (Å²) in [7, 11) is 0. The van der Waals surface area contributed by atoms with Gasteiger partial charge in [-0.25, -0.2) is 4.98 Å². The number of hydrogen-bond donors (Lipinski definition) is 1. The third-order valence-electron chi connectivity index (χ3n) is 1.71. The van der Waals surface area contributed by atoms with E-state index in [0.29, 0.717) is 12.4 Å². The lowest BCUT2D eigenvalue weighted by Crippen LogP contribution is -2.31. The van der Waals surface area contributed by atoms with Crippen LogP contribution in [-0.2, 0) is 11.0 Å². The van der Waals surface area contributed by atoms with E-state index in [4.69, 9.17) is 0 Å². The number of hydroxylamine groups is 1. The summed E-state index contributed by atoms with van der Waals surface area (Å²) in [5.74, 6) is -1.18. The van der Waals surface area contributed by atoms with Gasteiger partial charge in [0.15, 0.2) is 5.69 Å². The molecule has 1 aromatic heterocycles. The first-order valence-electron chi connectivity index (χ1n) is 4.66. The predicted molar refractivity (Wildman–Crippen MR) is 50.6 cm³/mol. The van der Waals surface area contributed by atoms with Crippen LogP contribution < -0.4 is 10.3 Å². The molecule has 0 radical (unpaired) electrons. The Morgan fingerprint density at radius 3 is 2.59 bits per heavy atom. The van der Waals surface area contributed by atoms with Crippen LogP contribution in [-0.4, -0.2) is 15.9 Å². The Labute approximate surface area is 95.0 Å². The standard InChI is InChI=1S/C9H10F3N3O2/c1-5(2)8(16)15-17-7-3-6(9(10,11)12)13-4-14-7/h3-5H,1-2H3,(H,15,16). The zero-order valence-electron chi connectivity index (χ0n) is 9.08. The molecular weight excluding hydrogens is 239 g/mol. The number of alkyl halides is 3. The van der Waals surface area contributed by atoms with E-state index in [1.54, 1.807) is 13.8 Å². The second-order valence-corrected chi connectivity index (χ2v) is 3.46. The van der Waals surface area contributed by atoms with Crippen LogP contribution in [0.25, 0.3) is 0 Å². The summed E-state index contributed by atoms with van der Waals surface area (Å²) >= 11 is 0. The van der Waals surface area contributed by atoms with Crippen molar-refractivity contribution in [3.8, 4) is 5.88 Å². The lowest BCUT2D eigenvalue weighted by atomic mass is 10.2. The molecule has 1 rings (SSSR count). The fourth-order valence-corrected chi connectivity index (χ4v) is 0.771. The highest BCUT2D eigenvalue weighted by atomic mass is 19.4. The zero-order valence-corrected chi connectivity index (χ0v) is 9.08. The fraction of sp³-hybridized carbons (Fsp3) is 0.444. The first-order valence-corrected chi connectivity index (χ1v) is 4.66. The number of carbonyl (C=O) groups is 1. The van der Waals surface area contributed by atoms with Gasteiger partial charge >= 0.3 is 6.18 Å². The topological polar surface area (TPSA) is 64.1 Å².